The zero-order valence-corrected chi connectivity index (χ0v) is 19.8. The Hall–Kier alpha value is -3.75. The lowest BCUT2D eigenvalue weighted by Gasteiger charge is -2.32. The van der Waals surface area contributed by atoms with Gasteiger partial charge < -0.3 is 24.6 Å². The third-order valence-corrected chi connectivity index (χ3v) is 6.30. The summed E-state index contributed by atoms with van der Waals surface area (Å²) in [4.78, 5) is 29.6. The molecular formula is C27H29N5O3. The topological polar surface area (TPSA) is 94.6 Å². The van der Waals surface area contributed by atoms with Gasteiger partial charge >= 0.3 is 0 Å². The number of nitrogens with zero attached hydrogens (tertiary/aromatic N) is 4. The molecule has 0 radical (unpaired) electrons. The second kappa shape index (κ2) is 10.2. The summed E-state index contributed by atoms with van der Waals surface area (Å²) in [6, 6.07) is 17.4. The van der Waals surface area contributed by atoms with E-state index < -0.39 is 0 Å². The molecule has 1 saturated heterocycles. The first-order valence-electron chi connectivity index (χ1n) is 11.9. The van der Waals surface area contributed by atoms with Gasteiger partial charge in [0, 0.05) is 62.1 Å². The number of fused-ring (bicyclic) bond motifs is 1. The van der Waals surface area contributed by atoms with E-state index in [2.05, 4.69) is 21.9 Å². The Morgan fingerprint density at radius 1 is 1.06 bits per heavy atom. The number of aliphatic hydroxyl groups excluding tert-OH is 1. The predicted octanol–water partition coefficient (Wildman–Crippen LogP) is 3.44. The van der Waals surface area contributed by atoms with Crippen molar-refractivity contribution in [2.24, 2.45) is 0 Å². The van der Waals surface area contributed by atoms with E-state index in [1.54, 1.807) is 6.20 Å². The third-order valence-electron chi connectivity index (χ3n) is 6.30. The fourth-order valence-electron chi connectivity index (χ4n) is 4.25. The Kier molecular flexibility index (Phi) is 6.74. The summed E-state index contributed by atoms with van der Waals surface area (Å²) in [5, 5.41) is 8.98. The number of hydrogen-bond donors (Lipinski definition) is 2. The molecule has 4 aromatic rings. The van der Waals surface area contributed by atoms with Crippen LogP contribution < -0.4 is 4.74 Å². The standard InChI is InChI=1S/C27H29N5O3/c1-31-12-14-32(15-13-31)27(34)20-8-6-19(7-9-20)25-29-24-23(10-11-28-26(24)30-25)21-4-2-5-22(18-21)35-17-3-16-33/h2,4-11,18,33H,3,12-17H2,1H3,(H,28,29,30). The zero-order valence-electron chi connectivity index (χ0n) is 19.8. The maximum absolute atomic E-state index is 12.9. The van der Waals surface area contributed by atoms with Gasteiger partial charge in [-0.25, -0.2) is 9.97 Å². The highest BCUT2D eigenvalue weighted by Gasteiger charge is 2.20. The van der Waals surface area contributed by atoms with E-state index in [-0.39, 0.29) is 12.5 Å². The number of aliphatic hydroxyl groups is 1. The molecule has 8 nitrogen and oxygen atoms in total. The molecular weight excluding hydrogens is 442 g/mol. The van der Waals surface area contributed by atoms with Gasteiger partial charge in [0.05, 0.1) is 6.61 Å². The van der Waals surface area contributed by atoms with Crippen molar-refractivity contribution in [1.82, 2.24) is 24.8 Å². The first-order chi connectivity index (χ1) is 17.1. The number of hydrogen-bond acceptors (Lipinski definition) is 6. The molecule has 1 amide bonds. The molecule has 0 atom stereocenters. The number of rotatable bonds is 7. The Balaban J connectivity index is 1.38. The van der Waals surface area contributed by atoms with Gasteiger partial charge in [-0.2, -0.15) is 0 Å². The van der Waals surface area contributed by atoms with E-state index in [1.807, 2.05) is 59.5 Å². The molecule has 1 aliphatic rings. The predicted molar refractivity (Wildman–Crippen MR) is 135 cm³/mol. The van der Waals surface area contributed by atoms with E-state index in [1.165, 1.54) is 0 Å². The quantitative estimate of drug-likeness (QED) is 0.401. The molecule has 1 fully saturated rings. The van der Waals surface area contributed by atoms with Crippen LogP contribution in [-0.4, -0.2) is 82.2 Å². The van der Waals surface area contributed by atoms with Gasteiger partial charge in [-0.05, 0) is 42.9 Å². The van der Waals surface area contributed by atoms with Gasteiger partial charge in [-0.15, -0.1) is 0 Å². The lowest BCUT2D eigenvalue weighted by molar-refractivity contribution is 0.0664. The molecule has 2 N–H and O–H groups in total. The lowest BCUT2D eigenvalue weighted by atomic mass is 10.1. The van der Waals surface area contributed by atoms with Crippen molar-refractivity contribution in [3.8, 4) is 28.3 Å². The second-order valence-corrected chi connectivity index (χ2v) is 8.77. The highest BCUT2D eigenvalue weighted by Crippen LogP contribution is 2.30. The van der Waals surface area contributed by atoms with Crippen LogP contribution in [0.15, 0.2) is 60.8 Å². The average molecular weight is 472 g/mol. The minimum Gasteiger partial charge on any atom is -0.493 e. The van der Waals surface area contributed by atoms with Crippen LogP contribution >= 0.6 is 0 Å². The minimum absolute atomic E-state index is 0.0688. The van der Waals surface area contributed by atoms with Crippen molar-refractivity contribution >= 4 is 17.1 Å². The van der Waals surface area contributed by atoms with Crippen molar-refractivity contribution in [2.45, 2.75) is 6.42 Å². The number of nitrogens with one attached hydrogen (secondary N) is 1. The highest BCUT2D eigenvalue weighted by molar-refractivity contribution is 5.95. The van der Waals surface area contributed by atoms with E-state index in [9.17, 15) is 4.79 Å². The third kappa shape index (κ3) is 5.03. The SMILES string of the molecule is CN1CCN(C(=O)c2ccc(-c3nc4c(-c5cccc(OCCCO)c5)ccnc4[nH]3)cc2)CC1. The van der Waals surface area contributed by atoms with Gasteiger partial charge in [-0.1, -0.05) is 24.3 Å². The lowest BCUT2D eigenvalue weighted by Crippen LogP contribution is -2.47. The Morgan fingerprint density at radius 2 is 1.86 bits per heavy atom. The van der Waals surface area contributed by atoms with Crippen LogP contribution in [0, 0.1) is 0 Å². The summed E-state index contributed by atoms with van der Waals surface area (Å²) in [5.41, 5.74) is 4.97. The van der Waals surface area contributed by atoms with Crippen LogP contribution in [0.3, 0.4) is 0 Å². The Labute approximate surface area is 204 Å². The largest absolute Gasteiger partial charge is 0.493 e. The fraction of sp³-hybridized carbons (Fsp3) is 0.296. The highest BCUT2D eigenvalue weighted by atomic mass is 16.5. The maximum Gasteiger partial charge on any atom is 0.253 e. The van der Waals surface area contributed by atoms with Crippen molar-refractivity contribution in [1.29, 1.82) is 0 Å². The smallest absolute Gasteiger partial charge is 0.253 e. The maximum atomic E-state index is 12.9. The van der Waals surface area contributed by atoms with Crippen LogP contribution in [0.4, 0.5) is 0 Å². The molecule has 0 aliphatic carbocycles. The summed E-state index contributed by atoms with van der Waals surface area (Å²) in [6.45, 7) is 3.87. The first-order valence-corrected chi connectivity index (χ1v) is 11.9. The van der Waals surface area contributed by atoms with Gasteiger partial charge in [0.25, 0.3) is 5.91 Å². The average Bonchev–Trinajstić information content (AvgIpc) is 3.34. The normalized spacial score (nSPS) is 14.4. The Bertz CT molecular complexity index is 1310. The summed E-state index contributed by atoms with van der Waals surface area (Å²) >= 11 is 0. The van der Waals surface area contributed by atoms with Gasteiger partial charge in [0.1, 0.15) is 17.1 Å². The molecule has 0 saturated carbocycles. The molecule has 0 spiro atoms. The van der Waals surface area contributed by atoms with Crippen molar-refractivity contribution < 1.29 is 14.6 Å². The number of likely N-dealkylation sites (N-methyl/N-ethyl adjacent to an activating group) is 1. The molecule has 35 heavy (non-hydrogen) atoms. The minimum atomic E-state index is 0.0688. The number of H-pyrrole nitrogens is 1. The molecule has 0 unspecified atom stereocenters. The molecule has 1 aliphatic heterocycles. The van der Waals surface area contributed by atoms with Gasteiger partial charge in [0.15, 0.2) is 5.65 Å². The molecule has 3 heterocycles. The molecule has 2 aromatic heterocycles. The van der Waals surface area contributed by atoms with E-state index in [0.29, 0.717) is 30.1 Å². The fourth-order valence-corrected chi connectivity index (χ4v) is 4.25. The van der Waals surface area contributed by atoms with E-state index in [0.717, 1.165) is 54.1 Å². The van der Waals surface area contributed by atoms with Crippen molar-refractivity contribution in [3.63, 3.8) is 0 Å². The molecule has 2 aromatic carbocycles. The van der Waals surface area contributed by atoms with Crippen LogP contribution in [0.1, 0.15) is 16.8 Å². The molecule has 0 bridgehead atoms. The number of amides is 1. The van der Waals surface area contributed by atoms with Gasteiger partial charge in [0.2, 0.25) is 0 Å². The number of imidazole rings is 1. The summed E-state index contributed by atoms with van der Waals surface area (Å²) in [5.74, 6) is 1.52. The second-order valence-electron chi connectivity index (χ2n) is 8.77. The van der Waals surface area contributed by atoms with Crippen LogP contribution in [0.5, 0.6) is 5.75 Å². The van der Waals surface area contributed by atoms with E-state index in [4.69, 9.17) is 14.8 Å². The molecule has 180 valence electrons. The van der Waals surface area contributed by atoms with Crippen LogP contribution in [-0.2, 0) is 0 Å². The number of carbonyl (C=O) groups is 1. The van der Waals surface area contributed by atoms with Gasteiger partial charge in [-0.3, -0.25) is 4.79 Å². The molecule has 8 heteroatoms. The van der Waals surface area contributed by atoms with Crippen molar-refractivity contribution in [2.75, 3.05) is 46.4 Å². The number of aromatic amines is 1. The monoisotopic (exact) mass is 471 g/mol. The van der Waals surface area contributed by atoms with Crippen molar-refractivity contribution in [3.05, 3.63) is 66.4 Å². The van der Waals surface area contributed by atoms with E-state index >= 15 is 0 Å². The molecule has 5 rings (SSSR count). The summed E-state index contributed by atoms with van der Waals surface area (Å²) in [6.07, 6.45) is 2.35. The zero-order chi connectivity index (χ0) is 24.2. The summed E-state index contributed by atoms with van der Waals surface area (Å²) in [7, 11) is 2.08. The summed E-state index contributed by atoms with van der Waals surface area (Å²) < 4.78 is 5.74. The number of benzene rings is 2. The number of pyridine rings is 1. The number of piperazine rings is 1. The number of aromatic nitrogens is 3. The van der Waals surface area contributed by atoms with Crippen LogP contribution in [0.25, 0.3) is 33.7 Å². The first kappa shape index (κ1) is 23.0. The number of ether oxygens (including phenoxy) is 1. The van der Waals surface area contributed by atoms with Crippen LogP contribution in [0.2, 0.25) is 0 Å². The Morgan fingerprint density at radius 3 is 2.63 bits per heavy atom. The number of carbonyl (C=O) groups excluding carboxylic acids is 1.